The van der Waals surface area contributed by atoms with Crippen LogP contribution in [0.1, 0.15) is 15.9 Å². The van der Waals surface area contributed by atoms with Crippen molar-refractivity contribution in [3.63, 3.8) is 0 Å². The fourth-order valence-electron chi connectivity index (χ4n) is 1.84. The van der Waals surface area contributed by atoms with Gasteiger partial charge in [0.1, 0.15) is 5.75 Å². The third kappa shape index (κ3) is 3.35. The molecule has 0 atom stereocenters. The number of carbonyl (C=O) groups is 1. The molecule has 2 aromatic rings. The number of ether oxygens (including phenoxy) is 1. The lowest BCUT2D eigenvalue weighted by atomic mass is 10.1. The molecule has 0 unspecified atom stereocenters. The topological polar surface area (TPSA) is 81.5 Å². The Hall–Kier alpha value is -2.60. The zero-order valence-corrected chi connectivity index (χ0v) is 12.7. The number of hydrogen-bond donors (Lipinski definition) is 1. The normalized spacial score (nSPS) is 10.1. The van der Waals surface area contributed by atoms with E-state index in [0.29, 0.717) is 16.3 Å². The van der Waals surface area contributed by atoms with Crippen LogP contribution in [0.25, 0.3) is 0 Å². The second kappa shape index (κ2) is 6.44. The lowest BCUT2D eigenvalue weighted by Crippen LogP contribution is -2.13. The summed E-state index contributed by atoms with van der Waals surface area (Å²) in [5, 5.41) is 13.9. The predicted molar refractivity (Wildman–Crippen MR) is 83.8 cm³/mol. The number of rotatable bonds is 4. The highest BCUT2D eigenvalue weighted by molar-refractivity contribution is 6.31. The lowest BCUT2D eigenvalue weighted by Gasteiger charge is -2.10. The quantitative estimate of drug-likeness (QED) is 0.686. The van der Waals surface area contributed by atoms with Crippen LogP contribution in [0.15, 0.2) is 36.4 Å². The average molecular weight is 321 g/mol. The third-order valence-electron chi connectivity index (χ3n) is 3.08. The fourth-order valence-corrected chi connectivity index (χ4v) is 2.02. The number of nitrogens with zero attached hydrogens (tertiary/aromatic N) is 1. The zero-order chi connectivity index (χ0) is 16.3. The molecule has 0 bridgehead atoms. The van der Waals surface area contributed by atoms with Gasteiger partial charge in [0.15, 0.2) is 0 Å². The lowest BCUT2D eigenvalue weighted by molar-refractivity contribution is -0.384. The SMILES string of the molecule is COc1ccc([N+](=O)[O-])cc1NC(=O)c1ccc(C)c(Cl)c1. The first-order valence-corrected chi connectivity index (χ1v) is 6.70. The number of nitro benzene ring substituents is 1. The Bertz CT molecular complexity index is 746. The Morgan fingerprint density at radius 1 is 1.27 bits per heavy atom. The van der Waals surface area contributed by atoms with Crippen molar-refractivity contribution in [2.75, 3.05) is 12.4 Å². The molecule has 1 amide bonds. The maximum Gasteiger partial charge on any atom is 0.271 e. The van der Waals surface area contributed by atoms with E-state index >= 15 is 0 Å². The van der Waals surface area contributed by atoms with Gasteiger partial charge in [-0.1, -0.05) is 17.7 Å². The van der Waals surface area contributed by atoms with Gasteiger partial charge >= 0.3 is 0 Å². The number of nitro groups is 1. The van der Waals surface area contributed by atoms with Crippen LogP contribution in [0.5, 0.6) is 5.75 Å². The number of anilines is 1. The summed E-state index contributed by atoms with van der Waals surface area (Å²) in [5.74, 6) is -0.0992. The van der Waals surface area contributed by atoms with Crippen molar-refractivity contribution in [2.45, 2.75) is 6.92 Å². The van der Waals surface area contributed by atoms with Gasteiger partial charge < -0.3 is 10.1 Å². The second-order valence-electron chi connectivity index (χ2n) is 4.56. The number of aryl methyl sites for hydroxylation is 1. The van der Waals surface area contributed by atoms with Crippen molar-refractivity contribution < 1.29 is 14.5 Å². The van der Waals surface area contributed by atoms with Gasteiger partial charge in [0, 0.05) is 22.7 Å². The Kier molecular flexibility index (Phi) is 4.62. The molecule has 0 aliphatic heterocycles. The molecule has 0 aromatic heterocycles. The molecule has 0 radical (unpaired) electrons. The number of methoxy groups -OCH3 is 1. The molecule has 0 saturated heterocycles. The van der Waals surface area contributed by atoms with E-state index in [2.05, 4.69) is 5.32 Å². The molecule has 0 aliphatic carbocycles. The molecule has 2 rings (SSSR count). The summed E-state index contributed by atoms with van der Waals surface area (Å²) in [6.07, 6.45) is 0. The van der Waals surface area contributed by atoms with Gasteiger partial charge in [-0.25, -0.2) is 0 Å². The molecule has 7 heteroatoms. The first kappa shape index (κ1) is 15.8. The first-order valence-electron chi connectivity index (χ1n) is 6.32. The molecule has 0 fully saturated rings. The summed E-state index contributed by atoms with van der Waals surface area (Å²) in [6.45, 7) is 1.83. The maximum atomic E-state index is 12.2. The van der Waals surface area contributed by atoms with Gasteiger partial charge in [-0.2, -0.15) is 0 Å². The Labute approximate surface area is 131 Å². The molecule has 22 heavy (non-hydrogen) atoms. The minimum Gasteiger partial charge on any atom is -0.495 e. The van der Waals surface area contributed by atoms with Gasteiger partial charge in [-0.3, -0.25) is 14.9 Å². The smallest absolute Gasteiger partial charge is 0.271 e. The molecular weight excluding hydrogens is 308 g/mol. The Morgan fingerprint density at radius 2 is 2.00 bits per heavy atom. The summed E-state index contributed by atoms with van der Waals surface area (Å²) < 4.78 is 5.10. The monoisotopic (exact) mass is 320 g/mol. The number of nitrogens with one attached hydrogen (secondary N) is 1. The van der Waals surface area contributed by atoms with Gasteiger partial charge in [0.25, 0.3) is 11.6 Å². The summed E-state index contributed by atoms with van der Waals surface area (Å²) in [4.78, 5) is 22.5. The van der Waals surface area contributed by atoms with Crippen LogP contribution in [0.4, 0.5) is 11.4 Å². The molecule has 6 nitrogen and oxygen atoms in total. The van der Waals surface area contributed by atoms with Crippen LogP contribution in [0.2, 0.25) is 5.02 Å². The molecule has 0 heterocycles. The average Bonchev–Trinajstić information content (AvgIpc) is 2.49. The van der Waals surface area contributed by atoms with Crippen molar-refractivity contribution >= 4 is 28.9 Å². The molecule has 114 valence electrons. The zero-order valence-electron chi connectivity index (χ0n) is 11.9. The van der Waals surface area contributed by atoms with Crippen molar-refractivity contribution in [1.82, 2.24) is 0 Å². The van der Waals surface area contributed by atoms with E-state index in [9.17, 15) is 14.9 Å². The van der Waals surface area contributed by atoms with Crippen molar-refractivity contribution in [3.05, 3.63) is 62.7 Å². The van der Waals surface area contributed by atoms with E-state index in [1.807, 2.05) is 6.92 Å². The van der Waals surface area contributed by atoms with E-state index in [-0.39, 0.29) is 11.4 Å². The minimum atomic E-state index is -0.544. The van der Waals surface area contributed by atoms with Gasteiger partial charge in [-0.05, 0) is 30.7 Å². The Balaban J connectivity index is 2.32. The molecule has 2 aromatic carbocycles. The summed E-state index contributed by atoms with van der Waals surface area (Å²) in [7, 11) is 1.42. The number of amides is 1. The number of benzene rings is 2. The van der Waals surface area contributed by atoms with E-state index in [0.717, 1.165) is 5.56 Å². The highest BCUT2D eigenvalue weighted by atomic mass is 35.5. The van der Waals surface area contributed by atoms with E-state index in [1.54, 1.807) is 12.1 Å². The fraction of sp³-hybridized carbons (Fsp3) is 0.133. The first-order chi connectivity index (χ1) is 10.4. The number of non-ortho nitro benzene ring substituents is 1. The highest BCUT2D eigenvalue weighted by Gasteiger charge is 2.15. The minimum absolute atomic E-state index is 0.141. The number of halogens is 1. The van der Waals surface area contributed by atoms with Gasteiger partial charge in [0.05, 0.1) is 17.7 Å². The number of hydrogen-bond acceptors (Lipinski definition) is 4. The number of carbonyl (C=O) groups excluding carboxylic acids is 1. The van der Waals surface area contributed by atoms with Crippen molar-refractivity contribution in [2.24, 2.45) is 0 Å². The largest absolute Gasteiger partial charge is 0.495 e. The maximum absolute atomic E-state index is 12.2. The summed E-state index contributed by atoms with van der Waals surface area (Å²) in [6, 6.07) is 8.86. The third-order valence-corrected chi connectivity index (χ3v) is 3.48. The van der Waals surface area contributed by atoms with E-state index in [1.165, 1.54) is 31.4 Å². The van der Waals surface area contributed by atoms with Crippen LogP contribution in [-0.2, 0) is 0 Å². The highest BCUT2D eigenvalue weighted by Crippen LogP contribution is 2.29. The van der Waals surface area contributed by atoms with Crippen LogP contribution >= 0.6 is 11.6 Å². The second-order valence-corrected chi connectivity index (χ2v) is 4.97. The molecule has 1 N–H and O–H groups in total. The molecule has 0 saturated carbocycles. The summed E-state index contributed by atoms with van der Waals surface area (Å²) >= 11 is 5.99. The van der Waals surface area contributed by atoms with E-state index in [4.69, 9.17) is 16.3 Å². The summed E-state index contributed by atoms with van der Waals surface area (Å²) in [5.41, 5.74) is 1.28. The van der Waals surface area contributed by atoms with Crippen LogP contribution < -0.4 is 10.1 Å². The molecular formula is C15H13ClN2O4. The standard InChI is InChI=1S/C15H13ClN2O4/c1-9-3-4-10(7-12(9)16)15(19)17-13-8-11(18(20)21)5-6-14(13)22-2/h3-8H,1-2H3,(H,17,19). The van der Waals surface area contributed by atoms with Crippen LogP contribution in [0, 0.1) is 17.0 Å². The van der Waals surface area contributed by atoms with Gasteiger partial charge in [-0.15, -0.1) is 0 Å². The Morgan fingerprint density at radius 3 is 2.59 bits per heavy atom. The predicted octanol–water partition coefficient (Wildman–Crippen LogP) is 3.82. The van der Waals surface area contributed by atoms with Gasteiger partial charge in [0.2, 0.25) is 0 Å². The molecule has 0 spiro atoms. The molecule has 0 aliphatic rings. The van der Waals surface area contributed by atoms with Crippen molar-refractivity contribution in [3.8, 4) is 5.75 Å². The van der Waals surface area contributed by atoms with E-state index < -0.39 is 10.8 Å². The van der Waals surface area contributed by atoms with Crippen LogP contribution in [-0.4, -0.2) is 17.9 Å². The van der Waals surface area contributed by atoms with Crippen molar-refractivity contribution in [1.29, 1.82) is 0 Å². The van der Waals surface area contributed by atoms with Crippen LogP contribution in [0.3, 0.4) is 0 Å².